The number of hydrogen-bond donors (Lipinski definition) is 3. The molecule has 1 fully saturated rings. The highest BCUT2D eigenvalue weighted by molar-refractivity contribution is 5.98. The van der Waals surface area contributed by atoms with Gasteiger partial charge in [-0.3, -0.25) is 9.59 Å². The number of aliphatic carboxylic acids is 1. The number of carbonyl (C=O) groups is 2. The molecule has 6 nitrogen and oxygen atoms in total. The van der Waals surface area contributed by atoms with Crippen LogP contribution in [0.2, 0.25) is 0 Å². The van der Waals surface area contributed by atoms with Gasteiger partial charge in [0.2, 0.25) is 0 Å². The molecule has 21 heavy (non-hydrogen) atoms. The Balaban J connectivity index is 1.74. The van der Waals surface area contributed by atoms with E-state index in [1.807, 2.05) is 18.2 Å². The molecule has 0 radical (unpaired) electrons. The van der Waals surface area contributed by atoms with Crippen LogP contribution >= 0.6 is 0 Å². The summed E-state index contributed by atoms with van der Waals surface area (Å²) >= 11 is 0. The molecule has 1 aromatic carbocycles. The maximum atomic E-state index is 12.1. The molecule has 0 bridgehead atoms. The largest absolute Gasteiger partial charge is 0.497 e. The fourth-order valence-electron chi connectivity index (χ4n) is 2.32. The number of nitrogens with one attached hydrogen (secondary N) is 2. The van der Waals surface area contributed by atoms with Crippen LogP contribution in [0, 0.1) is 5.41 Å². The fourth-order valence-corrected chi connectivity index (χ4v) is 2.32. The monoisotopic (exact) mass is 288 g/mol. The number of methoxy groups -OCH3 is 1. The molecule has 0 spiro atoms. The van der Waals surface area contributed by atoms with Crippen molar-refractivity contribution in [2.75, 3.05) is 13.7 Å². The summed E-state index contributed by atoms with van der Waals surface area (Å²) in [5.74, 6) is -0.418. The number of amides is 1. The van der Waals surface area contributed by atoms with Crippen molar-refractivity contribution in [2.24, 2.45) is 5.41 Å². The Hall–Kier alpha value is -2.50. The summed E-state index contributed by atoms with van der Waals surface area (Å²) in [6.07, 6.45) is 1.24. The number of carbonyl (C=O) groups excluding carboxylic acids is 1. The van der Waals surface area contributed by atoms with Crippen molar-refractivity contribution >= 4 is 22.8 Å². The molecular weight excluding hydrogens is 272 g/mol. The molecule has 1 aromatic heterocycles. The summed E-state index contributed by atoms with van der Waals surface area (Å²) < 4.78 is 5.14. The number of rotatable bonds is 5. The van der Waals surface area contributed by atoms with Crippen LogP contribution in [-0.2, 0) is 4.79 Å². The molecule has 1 aliphatic rings. The lowest BCUT2D eigenvalue weighted by Gasteiger charge is -2.10. The maximum absolute atomic E-state index is 12.1. The molecule has 0 aliphatic heterocycles. The minimum Gasteiger partial charge on any atom is -0.497 e. The van der Waals surface area contributed by atoms with Crippen molar-refractivity contribution in [3.05, 3.63) is 30.0 Å². The standard InChI is InChI=1S/C15H16N2O4/c1-21-10-2-3-11-9(6-10)7-12(17-11)13(18)16-8-15(4-5-15)14(19)20/h2-3,6-7,17H,4-5,8H2,1H3,(H,16,18)(H,19,20). The van der Waals surface area contributed by atoms with Gasteiger partial charge in [-0.2, -0.15) is 0 Å². The molecule has 1 heterocycles. The van der Waals surface area contributed by atoms with E-state index in [-0.39, 0.29) is 12.5 Å². The van der Waals surface area contributed by atoms with Gasteiger partial charge < -0.3 is 20.1 Å². The zero-order valence-corrected chi connectivity index (χ0v) is 11.6. The third-order valence-corrected chi connectivity index (χ3v) is 3.97. The summed E-state index contributed by atoms with van der Waals surface area (Å²) in [6.45, 7) is 0.167. The van der Waals surface area contributed by atoms with Crippen molar-refractivity contribution in [2.45, 2.75) is 12.8 Å². The topological polar surface area (TPSA) is 91.4 Å². The Kier molecular flexibility index (Phi) is 3.08. The minimum atomic E-state index is -0.843. The van der Waals surface area contributed by atoms with E-state index in [1.54, 1.807) is 13.2 Å². The minimum absolute atomic E-state index is 0.167. The number of hydrogen-bond acceptors (Lipinski definition) is 3. The van der Waals surface area contributed by atoms with Gasteiger partial charge in [0.1, 0.15) is 11.4 Å². The van der Waals surface area contributed by atoms with Gasteiger partial charge in [0.05, 0.1) is 12.5 Å². The van der Waals surface area contributed by atoms with Crippen LogP contribution in [0.5, 0.6) is 5.75 Å². The molecule has 0 atom stereocenters. The quantitative estimate of drug-likeness (QED) is 0.782. The van der Waals surface area contributed by atoms with Gasteiger partial charge >= 0.3 is 5.97 Å². The number of aromatic amines is 1. The third-order valence-electron chi connectivity index (χ3n) is 3.97. The highest BCUT2D eigenvalue weighted by Crippen LogP contribution is 2.45. The van der Waals surface area contributed by atoms with E-state index in [1.165, 1.54) is 0 Å². The SMILES string of the molecule is COc1ccc2[nH]c(C(=O)NCC3(C(=O)O)CC3)cc2c1. The predicted molar refractivity (Wildman–Crippen MR) is 76.5 cm³/mol. The molecule has 1 saturated carbocycles. The summed E-state index contributed by atoms with van der Waals surface area (Å²) in [7, 11) is 1.59. The fraction of sp³-hybridized carbons (Fsp3) is 0.333. The van der Waals surface area contributed by atoms with E-state index >= 15 is 0 Å². The normalized spacial score (nSPS) is 15.7. The number of H-pyrrole nitrogens is 1. The molecular formula is C15H16N2O4. The Morgan fingerprint density at radius 1 is 1.38 bits per heavy atom. The first-order valence-electron chi connectivity index (χ1n) is 6.72. The summed E-state index contributed by atoms with van der Waals surface area (Å²) in [5, 5.41) is 12.7. The van der Waals surface area contributed by atoms with Crippen LogP contribution < -0.4 is 10.1 Å². The zero-order valence-electron chi connectivity index (χ0n) is 11.6. The number of aromatic nitrogens is 1. The van der Waals surface area contributed by atoms with E-state index in [2.05, 4.69) is 10.3 Å². The third kappa shape index (κ3) is 2.44. The predicted octanol–water partition coefficient (Wildman–Crippen LogP) is 1.77. The molecule has 0 saturated heterocycles. The van der Waals surface area contributed by atoms with Gasteiger partial charge in [0, 0.05) is 17.4 Å². The summed E-state index contributed by atoms with van der Waals surface area (Å²) in [4.78, 5) is 26.2. The first-order valence-corrected chi connectivity index (χ1v) is 6.72. The molecule has 2 aromatic rings. The number of carboxylic acids is 1. The Labute approximate surface area is 121 Å². The van der Waals surface area contributed by atoms with Gasteiger partial charge in [0.25, 0.3) is 5.91 Å². The lowest BCUT2D eigenvalue weighted by Crippen LogP contribution is -2.34. The van der Waals surface area contributed by atoms with Crippen LogP contribution in [0.4, 0.5) is 0 Å². The average Bonchev–Trinajstić information content (AvgIpc) is 3.16. The number of carboxylic acid groups (broad SMARTS) is 1. The lowest BCUT2D eigenvalue weighted by atomic mass is 10.1. The second-order valence-electron chi connectivity index (χ2n) is 5.40. The van der Waals surface area contributed by atoms with Crippen molar-refractivity contribution in [1.82, 2.24) is 10.3 Å². The Bertz CT molecular complexity index is 716. The molecule has 1 aliphatic carbocycles. The second kappa shape index (κ2) is 4.80. The molecule has 3 rings (SSSR count). The van der Waals surface area contributed by atoms with E-state index in [9.17, 15) is 9.59 Å². The van der Waals surface area contributed by atoms with Crippen molar-refractivity contribution in [1.29, 1.82) is 0 Å². The van der Waals surface area contributed by atoms with E-state index in [0.29, 0.717) is 18.5 Å². The Morgan fingerprint density at radius 2 is 2.14 bits per heavy atom. The van der Waals surface area contributed by atoms with Crippen LogP contribution in [0.3, 0.4) is 0 Å². The molecule has 0 unspecified atom stereocenters. The molecule has 1 amide bonds. The van der Waals surface area contributed by atoms with E-state index < -0.39 is 11.4 Å². The summed E-state index contributed by atoms with van der Waals surface area (Å²) in [6, 6.07) is 7.21. The average molecular weight is 288 g/mol. The van der Waals surface area contributed by atoms with Crippen molar-refractivity contribution < 1.29 is 19.4 Å². The number of ether oxygens (including phenoxy) is 1. The van der Waals surface area contributed by atoms with Crippen LogP contribution in [-0.4, -0.2) is 35.6 Å². The van der Waals surface area contributed by atoms with Gasteiger partial charge in [-0.15, -0.1) is 0 Å². The number of benzene rings is 1. The highest BCUT2D eigenvalue weighted by atomic mass is 16.5. The highest BCUT2D eigenvalue weighted by Gasteiger charge is 2.50. The van der Waals surface area contributed by atoms with E-state index in [4.69, 9.17) is 9.84 Å². The van der Waals surface area contributed by atoms with Crippen LogP contribution in [0.1, 0.15) is 23.3 Å². The smallest absolute Gasteiger partial charge is 0.311 e. The van der Waals surface area contributed by atoms with E-state index in [0.717, 1.165) is 16.7 Å². The first kappa shape index (κ1) is 13.5. The number of fused-ring (bicyclic) bond motifs is 1. The second-order valence-corrected chi connectivity index (χ2v) is 5.40. The van der Waals surface area contributed by atoms with Gasteiger partial charge in [-0.25, -0.2) is 0 Å². The first-order chi connectivity index (χ1) is 10.0. The molecule has 110 valence electrons. The maximum Gasteiger partial charge on any atom is 0.311 e. The van der Waals surface area contributed by atoms with Crippen LogP contribution in [0.25, 0.3) is 10.9 Å². The van der Waals surface area contributed by atoms with Gasteiger partial charge in [0.15, 0.2) is 0 Å². The zero-order chi connectivity index (χ0) is 15.0. The summed E-state index contributed by atoms with van der Waals surface area (Å²) in [5.41, 5.74) is 0.491. The van der Waals surface area contributed by atoms with Crippen LogP contribution in [0.15, 0.2) is 24.3 Å². The lowest BCUT2D eigenvalue weighted by molar-refractivity contribution is -0.143. The van der Waals surface area contributed by atoms with Crippen molar-refractivity contribution in [3.8, 4) is 5.75 Å². The molecule has 3 N–H and O–H groups in total. The van der Waals surface area contributed by atoms with Crippen molar-refractivity contribution in [3.63, 3.8) is 0 Å². The Morgan fingerprint density at radius 3 is 2.76 bits per heavy atom. The van der Waals surface area contributed by atoms with Gasteiger partial charge in [-0.1, -0.05) is 0 Å². The van der Waals surface area contributed by atoms with Gasteiger partial charge in [-0.05, 0) is 37.1 Å². The molecule has 6 heteroatoms.